The third-order valence-electron chi connectivity index (χ3n) is 3.99. The molecule has 0 aromatic heterocycles. The van der Waals surface area contributed by atoms with E-state index in [2.05, 4.69) is 53.3 Å². The molecule has 3 rings (SSSR count). The van der Waals surface area contributed by atoms with Crippen molar-refractivity contribution in [2.45, 2.75) is 31.4 Å². The van der Waals surface area contributed by atoms with E-state index in [0.29, 0.717) is 0 Å². The Labute approximate surface area is 98.1 Å². The van der Waals surface area contributed by atoms with Crippen molar-refractivity contribution in [3.63, 3.8) is 0 Å². The molecule has 0 bridgehead atoms. The lowest BCUT2D eigenvalue weighted by Crippen LogP contribution is -2.44. The molecule has 0 saturated carbocycles. The summed E-state index contributed by atoms with van der Waals surface area (Å²) >= 11 is 3.54. The predicted octanol–water partition coefficient (Wildman–Crippen LogP) is 3.27. The van der Waals surface area contributed by atoms with Crippen molar-refractivity contribution in [1.82, 2.24) is 0 Å². The van der Waals surface area contributed by atoms with E-state index in [-0.39, 0.29) is 11.1 Å². The normalized spacial score (nSPS) is 37.3. The molecule has 3 heteroatoms. The van der Waals surface area contributed by atoms with Gasteiger partial charge in [-0.3, -0.25) is 0 Å². The smallest absolute Gasteiger partial charge is 0.145 e. The molecule has 2 aliphatic rings. The lowest BCUT2D eigenvalue weighted by Gasteiger charge is -2.33. The van der Waals surface area contributed by atoms with E-state index in [0.717, 1.165) is 17.5 Å². The molecule has 2 atom stereocenters. The third-order valence-corrected chi connectivity index (χ3v) is 4.49. The van der Waals surface area contributed by atoms with Gasteiger partial charge in [0.05, 0.1) is 6.61 Å². The minimum Gasteiger partial charge on any atom is -0.357 e. The summed E-state index contributed by atoms with van der Waals surface area (Å²) in [5.74, 6) is 0. The summed E-state index contributed by atoms with van der Waals surface area (Å²) in [6.45, 7) is 5.27. The van der Waals surface area contributed by atoms with Gasteiger partial charge in [0.15, 0.2) is 0 Å². The molecule has 1 aromatic rings. The molecule has 0 aliphatic carbocycles. The van der Waals surface area contributed by atoms with Gasteiger partial charge in [0.1, 0.15) is 5.72 Å². The number of ether oxygens (including phenoxy) is 1. The fourth-order valence-corrected chi connectivity index (χ4v) is 3.12. The van der Waals surface area contributed by atoms with Crippen LogP contribution in [0.2, 0.25) is 0 Å². The molecule has 2 unspecified atom stereocenters. The van der Waals surface area contributed by atoms with Crippen LogP contribution in [0.1, 0.15) is 25.8 Å². The maximum absolute atomic E-state index is 5.86. The Hall–Kier alpha value is -0.540. The maximum atomic E-state index is 5.86. The Bertz CT molecular complexity index is 434. The first-order valence-electron chi connectivity index (χ1n) is 5.27. The minimum absolute atomic E-state index is 0.103. The van der Waals surface area contributed by atoms with Crippen LogP contribution in [0.4, 0.5) is 5.69 Å². The van der Waals surface area contributed by atoms with Crippen molar-refractivity contribution in [1.29, 1.82) is 0 Å². The SMILES string of the molecule is CC12Nc3ccc(Br)cc3C1(C)CCO2. The second-order valence-electron chi connectivity index (χ2n) is 4.78. The van der Waals surface area contributed by atoms with Gasteiger partial charge in [-0.1, -0.05) is 22.9 Å². The van der Waals surface area contributed by atoms with Crippen molar-refractivity contribution in [2.75, 3.05) is 11.9 Å². The van der Waals surface area contributed by atoms with Crippen LogP contribution in [-0.4, -0.2) is 12.3 Å². The van der Waals surface area contributed by atoms with Crippen molar-refractivity contribution in [3.05, 3.63) is 28.2 Å². The zero-order valence-corrected chi connectivity index (χ0v) is 10.5. The average molecular weight is 268 g/mol. The summed E-state index contributed by atoms with van der Waals surface area (Å²) < 4.78 is 7.00. The van der Waals surface area contributed by atoms with E-state index in [1.54, 1.807) is 0 Å². The van der Waals surface area contributed by atoms with Crippen LogP contribution in [0.3, 0.4) is 0 Å². The first kappa shape index (κ1) is 9.67. The summed E-state index contributed by atoms with van der Waals surface area (Å²) in [6.07, 6.45) is 1.08. The molecule has 2 nitrogen and oxygen atoms in total. The fraction of sp³-hybridized carbons (Fsp3) is 0.500. The second-order valence-corrected chi connectivity index (χ2v) is 5.69. The quantitative estimate of drug-likeness (QED) is 0.779. The molecule has 1 fully saturated rings. The van der Waals surface area contributed by atoms with Crippen molar-refractivity contribution >= 4 is 21.6 Å². The summed E-state index contributed by atoms with van der Waals surface area (Å²) in [4.78, 5) is 0. The number of hydrogen-bond acceptors (Lipinski definition) is 2. The highest BCUT2D eigenvalue weighted by molar-refractivity contribution is 9.10. The van der Waals surface area contributed by atoms with Gasteiger partial charge in [0, 0.05) is 15.6 Å². The highest BCUT2D eigenvalue weighted by Crippen LogP contribution is 2.53. The molecule has 80 valence electrons. The molecular weight excluding hydrogens is 254 g/mol. The Morgan fingerprint density at radius 3 is 3.00 bits per heavy atom. The van der Waals surface area contributed by atoms with E-state index in [1.165, 1.54) is 11.3 Å². The van der Waals surface area contributed by atoms with Crippen LogP contribution < -0.4 is 5.32 Å². The van der Waals surface area contributed by atoms with E-state index in [9.17, 15) is 0 Å². The molecule has 2 aliphatic heterocycles. The summed E-state index contributed by atoms with van der Waals surface area (Å²) in [6, 6.07) is 6.40. The van der Waals surface area contributed by atoms with Crippen molar-refractivity contribution in [2.24, 2.45) is 0 Å². The van der Waals surface area contributed by atoms with Gasteiger partial charge < -0.3 is 10.1 Å². The van der Waals surface area contributed by atoms with Gasteiger partial charge in [-0.25, -0.2) is 0 Å². The first-order valence-corrected chi connectivity index (χ1v) is 6.07. The van der Waals surface area contributed by atoms with Gasteiger partial charge in [0.2, 0.25) is 0 Å². The molecule has 15 heavy (non-hydrogen) atoms. The Balaban J connectivity index is 2.22. The molecule has 1 N–H and O–H groups in total. The fourth-order valence-electron chi connectivity index (χ4n) is 2.76. The topological polar surface area (TPSA) is 21.3 Å². The number of rotatable bonds is 0. The summed E-state index contributed by atoms with van der Waals surface area (Å²) in [5, 5.41) is 3.50. The van der Waals surface area contributed by atoms with Crippen molar-refractivity contribution in [3.8, 4) is 0 Å². The van der Waals surface area contributed by atoms with Crippen LogP contribution in [0.15, 0.2) is 22.7 Å². The standard InChI is InChI=1S/C12H14BrNO/c1-11-5-6-15-12(11,2)14-10-4-3-8(13)7-9(10)11/h3-4,7,14H,5-6H2,1-2H3. The largest absolute Gasteiger partial charge is 0.357 e. The molecular formula is C12H14BrNO. The van der Waals surface area contributed by atoms with Gasteiger partial charge in [-0.05, 0) is 37.1 Å². The first-order chi connectivity index (χ1) is 7.05. The number of halogens is 1. The Kier molecular flexibility index (Phi) is 1.79. The number of hydrogen-bond donors (Lipinski definition) is 1. The molecule has 1 aromatic carbocycles. The van der Waals surface area contributed by atoms with E-state index < -0.39 is 0 Å². The van der Waals surface area contributed by atoms with Crippen molar-refractivity contribution < 1.29 is 4.74 Å². The van der Waals surface area contributed by atoms with Crippen LogP contribution in [-0.2, 0) is 10.2 Å². The molecule has 0 amide bonds. The van der Waals surface area contributed by atoms with Crippen LogP contribution >= 0.6 is 15.9 Å². The van der Waals surface area contributed by atoms with E-state index in [1.807, 2.05) is 0 Å². The number of benzene rings is 1. The van der Waals surface area contributed by atoms with E-state index in [4.69, 9.17) is 4.74 Å². The highest BCUT2D eigenvalue weighted by atomic mass is 79.9. The van der Waals surface area contributed by atoms with Crippen LogP contribution in [0.5, 0.6) is 0 Å². The summed E-state index contributed by atoms with van der Waals surface area (Å²) in [5.41, 5.74) is 2.46. The number of fused-ring (bicyclic) bond motifs is 3. The minimum atomic E-state index is -0.226. The van der Waals surface area contributed by atoms with Crippen LogP contribution in [0, 0.1) is 0 Å². The maximum Gasteiger partial charge on any atom is 0.145 e. The third kappa shape index (κ3) is 1.08. The van der Waals surface area contributed by atoms with Gasteiger partial charge >= 0.3 is 0 Å². The van der Waals surface area contributed by atoms with Gasteiger partial charge in [0.25, 0.3) is 0 Å². The highest BCUT2D eigenvalue weighted by Gasteiger charge is 2.56. The number of anilines is 1. The summed E-state index contributed by atoms with van der Waals surface area (Å²) in [7, 11) is 0. The molecule has 2 heterocycles. The van der Waals surface area contributed by atoms with Crippen LogP contribution in [0.25, 0.3) is 0 Å². The number of nitrogens with one attached hydrogen (secondary N) is 1. The second kappa shape index (κ2) is 2.77. The zero-order chi connectivity index (χ0) is 10.7. The van der Waals surface area contributed by atoms with Gasteiger partial charge in [-0.2, -0.15) is 0 Å². The Morgan fingerprint density at radius 1 is 1.40 bits per heavy atom. The predicted molar refractivity (Wildman–Crippen MR) is 64.1 cm³/mol. The zero-order valence-electron chi connectivity index (χ0n) is 8.93. The van der Waals surface area contributed by atoms with E-state index >= 15 is 0 Å². The Morgan fingerprint density at radius 2 is 2.20 bits per heavy atom. The average Bonchev–Trinajstić information content (AvgIpc) is 2.56. The molecule has 0 spiro atoms. The molecule has 1 saturated heterocycles. The van der Waals surface area contributed by atoms with Gasteiger partial charge in [-0.15, -0.1) is 0 Å². The molecule has 0 radical (unpaired) electrons. The lowest BCUT2D eigenvalue weighted by molar-refractivity contribution is 0.0182. The monoisotopic (exact) mass is 267 g/mol. The lowest BCUT2D eigenvalue weighted by atomic mass is 9.76.